The Morgan fingerprint density at radius 1 is 1.00 bits per heavy atom. The van der Waals surface area contributed by atoms with Crippen molar-refractivity contribution in [3.63, 3.8) is 0 Å². The van der Waals surface area contributed by atoms with Crippen molar-refractivity contribution >= 4 is 46.3 Å². The predicted octanol–water partition coefficient (Wildman–Crippen LogP) is 6.70. The van der Waals surface area contributed by atoms with Gasteiger partial charge in [-0.25, -0.2) is 9.29 Å². The summed E-state index contributed by atoms with van der Waals surface area (Å²) < 4.78 is 24.6. The van der Waals surface area contributed by atoms with Crippen molar-refractivity contribution in [3.05, 3.63) is 93.6 Å². The van der Waals surface area contributed by atoms with Crippen LogP contribution in [0.25, 0.3) is 6.08 Å². The minimum absolute atomic E-state index is 0.246. The lowest BCUT2D eigenvalue weighted by Gasteiger charge is -2.14. The second kappa shape index (κ2) is 10.1. The average molecular weight is 484 g/mol. The highest BCUT2D eigenvalue weighted by Gasteiger charge is 2.37. The molecule has 0 saturated carbocycles. The number of imide groups is 1. The molecule has 5 nitrogen and oxygen atoms in total. The molecule has 0 aromatic heterocycles. The Balaban J connectivity index is 1.55. The first-order valence-corrected chi connectivity index (χ1v) is 11.3. The molecule has 0 bridgehead atoms. The Labute approximate surface area is 199 Å². The molecule has 4 rings (SSSR count). The SMILES string of the molecule is CCOc1cc(/C=C2\SC(=O)N(c3ccccc3Cl)C2=O)ccc1OCc1ccc(F)cc1. The second-order valence-corrected chi connectivity index (χ2v) is 8.42. The first-order chi connectivity index (χ1) is 16.0. The maximum Gasteiger partial charge on any atom is 0.298 e. The summed E-state index contributed by atoms with van der Waals surface area (Å²) in [6.45, 7) is 2.52. The molecular formula is C25H19ClFNO4S. The third-order valence-electron chi connectivity index (χ3n) is 4.76. The summed E-state index contributed by atoms with van der Waals surface area (Å²) in [5.41, 5.74) is 1.85. The Morgan fingerprint density at radius 3 is 2.48 bits per heavy atom. The summed E-state index contributed by atoms with van der Waals surface area (Å²) in [6, 6.07) is 18.0. The highest BCUT2D eigenvalue weighted by molar-refractivity contribution is 8.19. The zero-order valence-corrected chi connectivity index (χ0v) is 19.2. The van der Waals surface area contributed by atoms with E-state index in [9.17, 15) is 14.0 Å². The zero-order valence-electron chi connectivity index (χ0n) is 17.6. The summed E-state index contributed by atoms with van der Waals surface area (Å²) in [4.78, 5) is 26.8. The lowest BCUT2D eigenvalue weighted by Crippen LogP contribution is -2.27. The molecule has 1 heterocycles. The molecule has 0 radical (unpaired) electrons. The molecule has 2 amide bonds. The minimum atomic E-state index is -0.437. The van der Waals surface area contributed by atoms with Gasteiger partial charge in [0.1, 0.15) is 12.4 Å². The smallest absolute Gasteiger partial charge is 0.298 e. The summed E-state index contributed by atoms with van der Waals surface area (Å²) >= 11 is 7.02. The van der Waals surface area contributed by atoms with E-state index in [1.807, 2.05) is 6.92 Å². The third kappa shape index (κ3) is 5.21. The van der Waals surface area contributed by atoms with Gasteiger partial charge in [0.05, 0.1) is 22.2 Å². The minimum Gasteiger partial charge on any atom is -0.490 e. The van der Waals surface area contributed by atoms with Gasteiger partial charge in [-0.1, -0.05) is 41.9 Å². The number of halogens is 2. The van der Waals surface area contributed by atoms with Crippen LogP contribution in [0, 0.1) is 5.82 Å². The van der Waals surface area contributed by atoms with Crippen molar-refractivity contribution in [1.29, 1.82) is 0 Å². The van der Waals surface area contributed by atoms with E-state index < -0.39 is 11.1 Å². The van der Waals surface area contributed by atoms with Gasteiger partial charge in [-0.15, -0.1) is 0 Å². The van der Waals surface area contributed by atoms with E-state index in [0.717, 1.165) is 22.2 Å². The molecule has 8 heteroatoms. The summed E-state index contributed by atoms with van der Waals surface area (Å²) in [5, 5.41) is -0.0917. The van der Waals surface area contributed by atoms with Crippen LogP contribution in [0.15, 0.2) is 71.6 Å². The fraction of sp³-hybridized carbons (Fsp3) is 0.120. The number of ether oxygens (including phenoxy) is 2. The van der Waals surface area contributed by atoms with Gasteiger partial charge in [0, 0.05) is 0 Å². The van der Waals surface area contributed by atoms with Crippen molar-refractivity contribution in [2.45, 2.75) is 13.5 Å². The van der Waals surface area contributed by atoms with Crippen LogP contribution in [-0.4, -0.2) is 17.8 Å². The van der Waals surface area contributed by atoms with Crippen molar-refractivity contribution in [2.24, 2.45) is 0 Å². The number of benzene rings is 3. The van der Waals surface area contributed by atoms with Gasteiger partial charge in [-0.05, 0) is 72.3 Å². The summed E-state index contributed by atoms with van der Waals surface area (Å²) in [7, 11) is 0. The quantitative estimate of drug-likeness (QED) is 0.350. The number of nitrogens with zero attached hydrogens (tertiary/aromatic N) is 1. The maximum absolute atomic E-state index is 13.1. The van der Waals surface area contributed by atoms with E-state index in [2.05, 4.69) is 0 Å². The average Bonchev–Trinajstić information content (AvgIpc) is 3.07. The van der Waals surface area contributed by atoms with Crippen LogP contribution in [0.3, 0.4) is 0 Å². The number of hydrogen-bond acceptors (Lipinski definition) is 5. The van der Waals surface area contributed by atoms with Crippen LogP contribution in [0.1, 0.15) is 18.1 Å². The van der Waals surface area contributed by atoms with Crippen LogP contribution in [-0.2, 0) is 11.4 Å². The van der Waals surface area contributed by atoms with Gasteiger partial charge in [-0.3, -0.25) is 9.59 Å². The Kier molecular flexibility index (Phi) is 7.01. The zero-order chi connectivity index (χ0) is 23.4. The van der Waals surface area contributed by atoms with Gasteiger partial charge < -0.3 is 9.47 Å². The van der Waals surface area contributed by atoms with E-state index in [-0.39, 0.29) is 17.3 Å². The number of thioether (sulfide) groups is 1. The van der Waals surface area contributed by atoms with Gasteiger partial charge >= 0.3 is 0 Å². The molecule has 1 fully saturated rings. The Hall–Kier alpha value is -3.29. The molecular weight excluding hydrogens is 465 g/mol. The number of hydrogen-bond donors (Lipinski definition) is 0. The molecule has 0 spiro atoms. The van der Waals surface area contributed by atoms with E-state index >= 15 is 0 Å². The van der Waals surface area contributed by atoms with Crippen LogP contribution in [0.4, 0.5) is 14.9 Å². The van der Waals surface area contributed by atoms with E-state index in [1.54, 1.807) is 60.7 Å². The highest BCUT2D eigenvalue weighted by atomic mass is 35.5. The number of amides is 2. The van der Waals surface area contributed by atoms with Gasteiger partial charge in [0.2, 0.25) is 0 Å². The number of carbonyl (C=O) groups excluding carboxylic acids is 2. The topological polar surface area (TPSA) is 55.8 Å². The summed E-state index contributed by atoms with van der Waals surface area (Å²) in [6.07, 6.45) is 1.63. The third-order valence-corrected chi connectivity index (χ3v) is 5.95. The van der Waals surface area contributed by atoms with Crippen molar-refractivity contribution < 1.29 is 23.5 Å². The van der Waals surface area contributed by atoms with E-state index in [1.165, 1.54) is 12.1 Å². The standard InChI is InChI=1S/C25H19ClFNO4S/c1-2-31-22-13-17(9-12-21(22)32-15-16-7-10-18(27)11-8-16)14-23-24(29)28(25(30)33-23)20-6-4-3-5-19(20)26/h3-14H,2,15H2,1H3/b23-14-. The molecule has 0 aliphatic carbocycles. The largest absolute Gasteiger partial charge is 0.490 e. The molecule has 33 heavy (non-hydrogen) atoms. The highest BCUT2D eigenvalue weighted by Crippen LogP contribution is 2.39. The number of para-hydroxylation sites is 1. The Morgan fingerprint density at radius 2 is 1.76 bits per heavy atom. The molecule has 1 aliphatic heterocycles. The molecule has 0 atom stereocenters. The van der Waals surface area contributed by atoms with Crippen LogP contribution >= 0.6 is 23.4 Å². The summed E-state index contributed by atoms with van der Waals surface area (Å²) in [5.74, 6) is 0.269. The lowest BCUT2D eigenvalue weighted by molar-refractivity contribution is -0.113. The first-order valence-electron chi connectivity index (χ1n) is 10.1. The molecule has 3 aromatic rings. The van der Waals surface area contributed by atoms with Crippen LogP contribution < -0.4 is 14.4 Å². The van der Waals surface area contributed by atoms with Crippen molar-refractivity contribution in [2.75, 3.05) is 11.5 Å². The Bertz CT molecular complexity index is 1230. The van der Waals surface area contributed by atoms with Gasteiger partial charge in [-0.2, -0.15) is 0 Å². The number of anilines is 1. The molecule has 0 N–H and O–H groups in total. The molecule has 3 aromatic carbocycles. The molecule has 1 saturated heterocycles. The van der Waals surface area contributed by atoms with Crippen molar-refractivity contribution in [3.8, 4) is 11.5 Å². The maximum atomic E-state index is 13.1. The van der Waals surface area contributed by atoms with Crippen molar-refractivity contribution in [1.82, 2.24) is 0 Å². The fourth-order valence-corrected chi connectivity index (χ4v) is 4.26. The van der Waals surface area contributed by atoms with E-state index in [4.69, 9.17) is 21.1 Å². The lowest BCUT2D eigenvalue weighted by atomic mass is 10.1. The van der Waals surface area contributed by atoms with E-state index in [0.29, 0.717) is 34.4 Å². The predicted molar refractivity (Wildman–Crippen MR) is 128 cm³/mol. The van der Waals surface area contributed by atoms with Crippen LogP contribution in [0.5, 0.6) is 11.5 Å². The second-order valence-electron chi connectivity index (χ2n) is 7.02. The monoisotopic (exact) mass is 483 g/mol. The number of carbonyl (C=O) groups is 2. The first kappa shape index (κ1) is 22.9. The van der Waals surface area contributed by atoms with Gasteiger partial charge in [0.15, 0.2) is 11.5 Å². The fourth-order valence-electron chi connectivity index (χ4n) is 3.20. The number of rotatable bonds is 7. The molecule has 1 aliphatic rings. The molecule has 0 unspecified atom stereocenters. The molecule has 168 valence electrons. The van der Waals surface area contributed by atoms with Crippen LogP contribution in [0.2, 0.25) is 5.02 Å². The normalized spacial score (nSPS) is 14.8. The van der Waals surface area contributed by atoms with Gasteiger partial charge in [0.25, 0.3) is 11.1 Å².